The quantitative estimate of drug-likeness (QED) is 0.568. The summed E-state index contributed by atoms with van der Waals surface area (Å²) in [6, 6.07) is 7.78. The zero-order valence-corrected chi connectivity index (χ0v) is 16.9. The molecule has 2 aliphatic rings. The number of anilines is 3. The molecule has 2 atom stereocenters. The maximum atomic E-state index is 13.5. The van der Waals surface area contributed by atoms with Crippen LogP contribution >= 0.6 is 0 Å². The molecule has 0 radical (unpaired) electrons. The lowest BCUT2D eigenvalue weighted by Gasteiger charge is -2.36. The number of nitrogens with zero attached hydrogens (tertiary/aromatic N) is 4. The van der Waals surface area contributed by atoms with Crippen molar-refractivity contribution < 1.29 is 27.5 Å². The molecule has 1 aromatic carbocycles. The van der Waals surface area contributed by atoms with Gasteiger partial charge in [-0.2, -0.15) is 13.2 Å². The van der Waals surface area contributed by atoms with Crippen LogP contribution in [0.5, 0.6) is 0 Å². The lowest BCUT2D eigenvalue weighted by Crippen LogP contribution is -2.51. The smallest absolute Gasteiger partial charge is 0.389 e. The van der Waals surface area contributed by atoms with Crippen LogP contribution in [0, 0.1) is 5.82 Å². The number of hydrogen-bond donors (Lipinski definition) is 2. The molecule has 5 rings (SSSR count). The lowest BCUT2D eigenvalue weighted by molar-refractivity contribution is -0.137. The van der Waals surface area contributed by atoms with Gasteiger partial charge in [-0.1, -0.05) is 12.1 Å². The first-order valence-electron chi connectivity index (χ1n) is 10.0. The van der Waals surface area contributed by atoms with E-state index in [1.54, 1.807) is 12.1 Å². The van der Waals surface area contributed by atoms with E-state index < -0.39 is 35.7 Å². The van der Waals surface area contributed by atoms with E-state index in [0.717, 1.165) is 24.4 Å². The minimum atomic E-state index is -4.51. The van der Waals surface area contributed by atoms with E-state index in [1.165, 1.54) is 23.2 Å². The van der Waals surface area contributed by atoms with Crippen molar-refractivity contribution >= 4 is 23.2 Å². The van der Waals surface area contributed by atoms with Gasteiger partial charge in [-0.3, -0.25) is 9.88 Å². The van der Waals surface area contributed by atoms with Crippen LogP contribution in [-0.2, 0) is 6.18 Å². The highest BCUT2D eigenvalue weighted by molar-refractivity contribution is 6.04. The highest BCUT2D eigenvalue weighted by Gasteiger charge is 2.45. The SMILES string of the molecule is O=C(Nc1cncc(F)c1)N1c2nc(-c3cccc(C(F)(F)F)c3)ccc2N2C[C@@H](O)[C@H]1C2. The number of halogens is 4. The van der Waals surface area contributed by atoms with E-state index in [0.29, 0.717) is 12.2 Å². The predicted octanol–water partition coefficient (Wildman–Crippen LogP) is 3.90. The lowest BCUT2D eigenvalue weighted by atomic mass is 10.1. The molecule has 2 amide bonds. The number of rotatable bonds is 2. The molecular weight excluding hydrogens is 442 g/mol. The van der Waals surface area contributed by atoms with Crippen LogP contribution in [0.2, 0.25) is 0 Å². The Hall–Kier alpha value is -3.73. The van der Waals surface area contributed by atoms with E-state index in [4.69, 9.17) is 0 Å². The summed E-state index contributed by atoms with van der Waals surface area (Å²) in [4.78, 5) is 24.5. The Balaban J connectivity index is 1.55. The summed E-state index contributed by atoms with van der Waals surface area (Å²) in [5, 5.41) is 13.1. The van der Waals surface area contributed by atoms with Crippen molar-refractivity contribution in [3.05, 3.63) is 66.2 Å². The summed E-state index contributed by atoms with van der Waals surface area (Å²) >= 11 is 0. The van der Waals surface area contributed by atoms with Crippen LogP contribution < -0.4 is 15.1 Å². The molecule has 170 valence electrons. The van der Waals surface area contributed by atoms with Gasteiger partial charge in [-0.05, 0) is 24.3 Å². The van der Waals surface area contributed by atoms with Crippen LogP contribution in [0.4, 0.5) is 39.5 Å². The van der Waals surface area contributed by atoms with E-state index >= 15 is 0 Å². The maximum Gasteiger partial charge on any atom is 0.416 e. The Morgan fingerprint density at radius 3 is 2.70 bits per heavy atom. The van der Waals surface area contributed by atoms with Crippen molar-refractivity contribution in [1.82, 2.24) is 9.97 Å². The van der Waals surface area contributed by atoms with Crippen molar-refractivity contribution in [2.45, 2.75) is 18.3 Å². The number of fused-ring (bicyclic) bond motifs is 4. The first kappa shape index (κ1) is 21.1. The van der Waals surface area contributed by atoms with Gasteiger partial charge in [0.05, 0.1) is 47.2 Å². The predicted molar refractivity (Wildman–Crippen MR) is 112 cm³/mol. The summed E-state index contributed by atoms with van der Waals surface area (Å²) in [7, 11) is 0. The average Bonchev–Trinajstić information content (AvgIpc) is 3.09. The molecule has 1 saturated heterocycles. The topological polar surface area (TPSA) is 81.6 Å². The largest absolute Gasteiger partial charge is 0.416 e. The molecule has 0 saturated carbocycles. The van der Waals surface area contributed by atoms with Crippen molar-refractivity contribution in [3.63, 3.8) is 0 Å². The van der Waals surface area contributed by atoms with Gasteiger partial charge in [0.15, 0.2) is 5.82 Å². The van der Waals surface area contributed by atoms with Crippen LogP contribution in [-0.4, -0.2) is 46.3 Å². The fraction of sp³-hybridized carbons (Fsp3) is 0.227. The van der Waals surface area contributed by atoms with Crippen LogP contribution in [0.3, 0.4) is 0 Å². The molecule has 0 aliphatic carbocycles. The van der Waals surface area contributed by atoms with Crippen molar-refractivity contribution in [2.24, 2.45) is 0 Å². The number of pyridine rings is 2. The number of aliphatic hydroxyl groups is 1. The fourth-order valence-electron chi connectivity index (χ4n) is 4.17. The fourth-order valence-corrected chi connectivity index (χ4v) is 4.17. The molecular formula is C22H17F4N5O2. The number of carbonyl (C=O) groups is 1. The highest BCUT2D eigenvalue weighted by Crippen LogP contribution is 2.41. The number of amides is 2. The number of carbonyl (C=O) groups excluding carboxylic acids is 1. The number of nitrogens with one attached hydrogen (secondary N) is 1. The minimum absolute atomic E-state index is 0.116. The molecule has 4 heterocycles. The Morgan fingerprint density at radius 1 is 1.12 bits per heavy atom. The molecule has 11 heteroatoms. The second-order valence-corrected chi connectivity index (χ2v) is 7.85. The summed E-state index contributed by atoms with van der Waals surface area (Å²) in [6.07, 6.45) is -3.11. The van der Waals surface area contributed by atoms with Gasteiger partial charge in [-0.25, -0.2) is 14.2 Å². The number of aromatic nitrogens is 2. The van der Waals surface area contributed by atoms with Gasteiger partial charge in [0.2, 0.25) is 0 Å². The first-order chi connectivity index (χ1) is 15.7. The standard InChI is InChI=1S/C22H17F4N5O2/c23-14-7-15(9-27-8-14)28-21(33)31-18-10-30(11-19(18)32)17-5-4-16(29-20(17)31)12-2-1-3-13(6-12)22(24,25)26/h1-9,18-19,32H,10-11H2,(H,28,33)/t18-,19-/m1/s1. The molecule has 2 N–H and O–H groups in total. The summed E-state index contributed by atoms with van der Waals surface area (Å²) in [5.41, 5.74) is 0.335. The third-order valence-electron chi connectivity index (χ3n) is 5.67. The number of urea groups is 1. The monoisotopic (exact) mass is 459 g/mol. The molecule has 33 heavy (non-hydrogen) atoms. The van der Waals surface area contributed by atoms with E-state index in [9.17, 15) is 27.5 Å². The van der Waals surface area contributed by atoms with E-state index in [2.05, 4.69) is 15.3 Å². The van der Waals surface area contributed by atoms with Crippen LogP contribution in [0.1, 0.15) is 5.56 Å². The van der Waals surface area contributed by atoms with E-state index in [-0.39, 0.29) is 29.3 Å². The van der Waals surface area contributed by atoms with Gasteiger partial charge in [-0.15, -0.1) is 0 Å². The maximum absolute atomic E-state index is 13.5. The Labute approximate surface area is 185 Å². The molecule has 1 fully saturated rings. The number of benzene rings is 1. The molecule has 0 spiro atoms. The van der Waals surface area contributed by atoms with Crippen molar-refractivity contribution in [1.29, 1.82) is 0 Å². The number of aliphatic hydroxyl groups excluding tert-OH is 1. The van der Waals surface area contributed by atoms with Gasteiger partial charge in [0, 0.05) is 24.7 Å². The second kappa shape index (κ2) is 7.69. The van der Waals surface area contributed by atoms with Crippen LogP contribution in [0.25, 0.3) is 11.3 Å². The molecule has 7 nitrogen and oxygen atoms in total. The normalized spacial score (nSPS) is 19.4. The summed E-state index contributed by atoms with van der Waals surface area (Å²) in [5.74, 6) is -0.441. The highest BCUT2D eigenvalue weighted by atomic mass is 19.4. The zero-order chi connectivity index (χ0) is 23.3. The minimum Gasteiger partial charge on any atom is -0.389 e. The summed E-state index contributed by atoms with van der Waals surface area (Å²) in [6.45, 7) is 0.626. The summed E-state index contributed by atoms with van der Waals surface area (Å²) < 4.78 is 53.0. The van der Waals surface area contributed by atoms with Crippen molar-refractivity contribution in [3.8, 4) is 11.3 Å². The molecule has 3 aromatic rings. The van der Waals surface area contributed by atoms with E-state index in [1.807, 2.05) is 4.90 Å². The van der Waals surface area contributed by atoms with Crippen molar-refractivity contribution in [2.75, 3.05) is 28.2 Å². The Bertz CT molecular complexity index is 1240. The third-order valence-corrected chi connectivity index (χ3v) is 5.67. The van der Waals surface area contributed by atoms with Crippen LogP contribution in [0.15, 0.2) is 54.9 Å². The van der Waals surface area contributed by atoms with Gasteiger partial charge in [0.1, 0.15) is 5.82 Å². The van der Waals surface area contributed by atoms with Gasteiger partial charge >= 0.3 is 12.2 Å². The zero-order valence-electron chi connectivity index (χ0n) is 16.9. The Morgan fingerprint density at radius 2 is 1.94 bits per heavy atom. The van der Waals surface area contributed by atoms with Gasteiger partial charge < -0.3 is 15.3 Å². The number of hydrogen-bond acceptors (Lipinski definition) is 5. The molecule has 2 bridgehead atoms. The Kier molecular flexibility index (Phi) is 4.93. The third kappa shape index (κ3) is 3.84. The first-order valence-corrected chi connectivity index (χ1v) is 10.0. The molecule has 2 aromatic heterocycles. The molecule has 0 unspecified atom stereocenters. The second-order valence-electron chi connectivity index (χ2n) is 7.85. The molecule has 2 aliphatic heterocycles. The van der Waals surface area contributed by atoms with Gasteiger partial charge in [0.25, 0.3) is 0 Å². The number of alkyl halides is 3. The average molecular weight is 459 g/mol.